The lowest BCUT2D eigenvalue weighted by molar-refractivity contribution is 0.0828. The van der Waals surface area contributed by atoms with Gasteiger partial charge < -0.3 is 10.2 Å². The molecule has 0 aromatic heterocycles. The van der Waals surface area contributed by atoms with Gasteiger partial charge in [0.1, 0.15) is 0 Å². The number of anilines is 1. The summed E-state index contributed by atoms with van der Waals surface area (Å²) in [6.45, 7) is 2.30. The summed E-state index contributed by atoms with van der Waals surface area (Å²) >= 11 is 6.13. The number of rotatable bonds is 3. The van der Waals surface area contributed by atoms with Gasteiger partial charge in [0.05, 0.1) is 10.6 Å². The van der Waals surface area contributed by atoms with E-state index < -0.39 is 0 Å². The van der Waals surface area contributed by atoms with Crippen molar-refractivity contribution in [2.24, 2.45) is 5.92 Å². The highest BCUT2D eigenvalue weighted by atomic mass is 35.5. The van der Waals surface area contributed by atoms with Crippen LogP contribution >= 0.6 is 11.6 Å². The second-order valence-electron chi connectivity index (χ2n) is 6.01. The molecule has 0 heterocycles. The number of nitrogens with one attached hydrogen (secondary N) is 1. The molecule has 0 radical (unpaired) electrons. The van der Waals surface area contributed by atoms with Crippen LogP contribution in [-0.4, -0.2) is 30.9 Å². The van der Waals surface area contributed by atoms with Crippen LogP contribution in [0.4, 0.5) is 5.69 Å². The van der Waals surface area contributed by atoms with Gasteiger partial charge in [-0.25, -0.2) is 0 Å². The highest BCUT2D eigenvalue weighted by Crippen LogP contribution is 2.28. The third kappa shape index (κ3) is 3.66. The molecule has 110 valence electrons. The maximum absolute atomic E-state index is 12.1. The van der Waals surface area contributed by atoms with Crippen LogP contribution in [0.3, 0.4) is 0 Å². The summed E-state index contributed by atoms with van der Waals surface area (Å²) in [5, 5.41) is 4.05. The van der Waals surface area contributed by atoms with Gasteiger partial charge in [0.15, 0.2) is 0 Å². The quantitative estimate of drug-likeness (QED) is 0.913. The Kier molecular flexibility index (Phi) is 4.92. The maximum atomic E-state index is 12.1. The molecular weight excluding hydrogens is 272 g/mol. The van der Waals surface area contributed by atoms with E-state index in [2.05, 4.69) is 12.2 Å². The minimum absolute atomic E-state index is 0.0596. The molecule has 1 fully saturated rings. The Morgan fingerprint density at radius 3 is 2.75 bits per heavy atom. The fourth-order valence-corrected chi connectivity index (χ4v) is 3.02. The van der Waals surface area contributed by atoms with E-state index >= 15 is 0 Å². The van der Waals surface area contributed by atoms with E-state index in [0.29, 0.717) is 16.6 Å². The Labute approximate surface area is 126 Å². The smallest absolute Gasteiger partial charge is 0.254 e. The van der Waals surface area contributed by atoms with Crippen LogP contribution < -0.4 is 5.32 Å². The number of amides is 1. The van der Waals surface area contributed by atoms with Crippen LogP contribution in [0.1, 0.15) is 43.0 Å². The van der Waals surface area contributed by atoms with Crippen molar-refractivity contribution in [2.45, 2.75) is 38.6 Å². The van der Waals surface area contributed by atoms with Gasteiger partial charge in [-0.05, 0) is 37.0 Å². The highest BCUT2D eigenvalue weighted by Gasteiger charge is 2.19. The molecule has 1 aliphatic rings. The molecule has 1 aliphatic carbocycles. The Morgan fingerprint density at radius 1 is 1.35 bits per heavy atom. The summed E-state index contributed by atoms with van der Waals surface area (Å²) in [5.74, 6) is 0.715. The Morgan fingerprint density at radius 2 is 2.10 bits per heavy atom. The van der Waals surface area contributed by atoms with Crippen LogP contribution in [0.2, 0.25) is 5.02 Å². The number of benzene rings is 1. The summed E-state index contributed by atoms with van der Waals surface area (Å²) in [6.07, 6.45) is 4.99. The number of hydrogen-bond donors (Lipinski definition) is 1. The van der Waals surface area contributed by atoms with E-state index in [1.165, 1.54) is 25.7 Å². The zero-order chi connectivity index (χ0) is 14.7. The van der Waals surface area contributed by atoms with Gasteiger partial charge in [-0.2, -0.15) is 0 Å². The molecule has 20 heavy (non-hydrogen) atoms. The number of carbonyl (C=O) groups is 1. The first-order valence-corrected chi connectivity index (χ1v) is 7.63. The molecule has 2 atom stereocenters. The Hall–Kier alpha value is -1.22. The standard InChI is InChI=1S/C16H23ClN2O/c1-11-5-4-6-12(9-11)18-13-7-8-15(17)14(10-13)16(20)19(2)3/h7-8,10-12,18H,4-6,9H2,1-3H3. The van der Waals surface area contributed by atoms with Crippen LogP contribution in [0, 0.1) is 5.92 Å². The fourth-order valence-electron chi connectivity index (χ4n) is 2.82. The van der Waals surface area contributed by atoms with Crippen molar-refractivity contribution in [1.29, 1.82) is 0 Å². The van der Waals surface area contributed by atoms with E-state index in [-0.39, 0.29) is 5.91 Å². The molecule has 2 unspecified atom stereocenters. The second kappa shape index (κ2) is 6.49. The lowest BCUT2D eigenvalue weighted by atomic mass is 9.87. The van der Waals surface area contributed by atoms with E-state index in [4.69, 9.17) is 11.6 Å². The van der Waals surface area contributed by atoms with Crippen molar-refractivity contribution in [3.63, 3.8) is 0 Å². The number of halogens is 1. The molecule has 4 heteroatoms. The largest absolute Gasteiger partial charge is 0.382 e. The minimum atomic E-state index is -0.0596. The molecule has 1 aromatic rings. The SMILES string of the molecule is CC1CCCC(Nc2ccc(Cl)c(C(=O)N(C)C)c2)C1. The highest BCUT2D eigenvalue weighted by molar-refractivity contribution is 6.34. The monoisotopic (exact) mass is 294 g/mol. The van der Waals surface area contributed by atoms with Crippen LogP contribution in [0.25, 0.3) is 0 Å². The van der Waals surface area contributed by atoms with Gasteiger partial charge in [-0.3, -0.25) is 4.79 Å². The average Bonchev–Trinajstić information content (AvgIpc) is 2.40. The predicted octanol–water partition coefficient (Wildman–Crippen LogP) is 4.03. The molecule has 0 aliphatic heterocycles. The van der Waals surface area contributed by atoms with Crippen molar-refractivity contribution in [3.8, 4) is 0 Å². The van der Waals surface area contributed by atoms with Gasteiger partial charge in [0, 0.05) is 25.8 Å². The zero-order valence-corrected chi connectivity index (χ0v) is 13.2. The van der Waals surface area contributed by atoms with Crippen LogP contribution in [-0.2, 0) is 0 Å². The first-order valence-electron chi connectivity index (χ1n) is 7.25. The van der Waals surface area contributed by atoms with Crippen molar-refractivity contribution >= 4 is 23.2 Å². The molecule has 1 N–H and O–H groups in total. The Balaban J connectivity index is 2.13. The summed E-state index contributed by atoms with van der Waals surface area (Å²) in [5.41, 5.74) is 1.55. The topological polar surface area (TPSA) is 32.3 Å². The number of nitrogens with zero attached hydrogens (tertiary/aromatic N) is 1. The minimum Gasteiger partial charge on any atom is -0.382 e. The van der Waals surface area contributed by atoms with E-state index in [1.807, 2.05) is 12.1 Å². The molecule has 0 bridgehead atoms. The molecule has 1 amide bonds. The van der Waals surface area contributed by atoms with Crippen LogP contribution in [0.15, 0.2) is 18.2 Å². The maximum Gasteiger partial charge on any atom is 0.254 e. The summed E-state index contributed by atoms with van der Waals surface area (Å²) in [7, 11) is 3.48. The average molecular weight is 295 g/mol. The summed E-state index contributed by atoms with van der Waals surface area (Å²) in [4.78, 5) is 13.6. The third-order valence-corrected chi connectivity index (χ3v) is 4.24. The van der Waals surface area contributed by atoms with Gasteiger partial charge in [-0.15, -0.1) is 0 Å². The van der Waals surface area contributed by atoms with Crippen molar-refractivity contribution < 1.29 is 4.79 Å². The number of hydrogen-bond acceptors (Lipinski definition) is 2. The summed E-state index contributed by atoms with van der Waals surface area (Å²) < 4.78 is 0. The predicted molar refractivity (Wildman–Crippen MR) is 84.5 cm³/mol. The molecule has 0 saturated heterocycles. The number of carbonyl (C=O) groups excluding carboxylic acids is 1. The molecular formula is C16H23ClN2O. The lowest BCUT2D eigenvalue weighted by Gasteiger charge is -2.28. The second-order valence-corrected chi connectivity index (χ2v) is 6.41. The van der Waals surface area contributed by atoms with Gasteiger partial charge in [0.2, 0.25) is 0 Å². The third-order valence-electron chi connectivity index (χ3n) is 3.91. The molecule has 1 aromatic carbocycles. The van der Waals surface area contributed by atoms with Crippen molar-refractivity contribution in [3.05, 3.63) is 28.8 Å². The Bertz CT molecular complexity index is 487. The lowest BCUT2D eigenvalue weighted by Crippen LogP contribution is -2.26. The first kappa shape index (κ1) is 15.2. The fraction of sp³-hybridized carbons (Fsp3) is 0.562. The van der Waals surface area contributed by atoms with Crippen molar-refractivity contribution in [2.75, 3.05) is 19.4 Å². The van der Waals surface area contributed by atoms with Crippen LogP contribution in [0.5, 0.6) is 0 Å². The first-order chi connectivity index (χ1) is 9.47. The molecule has 0 spiro atoms. The van der Waals surface area contributed by atoms with E-state index in [9.17, 15) is 4.79 Å². The van der Waals surface area contributed by atoms with E-state index in [1.54, 1.807) is 25.1 Å². The zero-order valence-electron chi connectivity index (χ0n) is 12.4. The van der Waals surface area contributed by atoms with E-state index in [0.717, 1.165) is 11.6 Å². The van der Waals surface area contributed by atoms with Gasteiger partial charge in [-0.1, -0.05) is 31.4 Å². The molecule has 1 saturated carbocycles. The molecule has 3 nitrogen and oxygen atoms in total. The summed E-state index contributed by atoms with van der Waals surface area (Å²) in [6, 6.07) is 6.12. The normalized spacial score (nSPS) is 22.4. The molecule has 2 rings (SSSR count). The van der Waals surface area contributed by atoms with Gasteiger partial charge >= 0.3 is 0 Å². The van der Waals surface area contributed by atoms with Crippen molar-refractivity contribution in [1.82, 2.24) is 4.90 Å². The van der Waals surface area contributed by atoms with Gasteiger partial charge in [0.25, 0.3) is 5.91 Å².